The van der Waals surface area contributed by atoms with E-state index in [-0.39, 0.29) is 17.8 Å². The first kappa shape index (κ1) is 27.2. The highest BCUT2D eigenvalue weighted by atomic mass is 19.4. The molecule has 1 amide bonds. The Bertz CT molecular complexity index is 1520. The predicted molar refractivity (Wildman–Crippen MR) is 143 cm³/mol. The minimum Gasteiger partial charge on any atom is -0.490 e. The van der Waals surface area contributed by atoms with Gasteiger partial charge in [-0.25, -0.2) is 19.3 Å². The van der Waals surface area contributed by atoms with Gasteiger partial charge in [-0.2, -0.15) is 18.3 Å². The average molecular weight is 555 g/mol. The molecule has 1 fully saturated rings. The first-order valence-corrected chi connectivity index (χ1v) is 12.8. The number of pyridine rings is 1. The second-order valence-electron chi connectivity index (χ2n) is 10.6. The normalized spacial score (nSPS) is 14.9. The number of carbonyl (C=O) groups excluding carboxylic acids is 1. The monoisotopic (exact) mass is 554 g/mol. The minimum atomic E-state index is -4.63. The van der Waals surface area contributed by atoms with E-state index in [0.29, 0.717) is 48.7 Å². The smallest absolute Gasteiger partial charge is 0.419 e. The number of fused-ring (bicyclic) bond motifs is 1. The molecule has 0 saturated carbocycles. The van der Waals surface area contributed by atoms with Crippen molar-refractivity contribution in [3.05, 3.63) is 60.4 Å². The molecule has 0 atom stereocenters. The number of rotatable bonds is 4. The molecule has 40 heavy (non-hydrogen) atoms. The van der Waals surface area contributed by atoms with E-state index in [1.807, 2.05) is 45.0 Å². The van der Waals surface area contributed by atoms with Gasteiger partial charge in [0.1, 0.15) is 23.3 Å². The number of piperidine rings is 1. The average Bonchev–Trinajstić information content (AvgIpc) is 3.31. The molecule has 1 aliphatic heterocycles. The van der Waals surface area contributed by atoms with Crippen molar-refractivity contribution in [2.24, 2.45) is 0 Å². The second-order valence-corrected chi connectivity index (χ2v) is 10.6. The number of halogens is 3. The molecular formula is C28H29F3N6O3. The van der Waals surface area contributed by atoms with E-state index in [4.69, 9.17) is 15.2 Å². The van der Waals surface area contributed by atoms with E-state index in [1.165, 1.54) is 16.9 Å². The first-order valence-electron chi connectivity index (χ1n) is 12.8. The fraction of sp³-hybridized carbons (Fsp3) is 0.357. The number of likely N-dealkylation sites (tertiary alicyclic amines) is 1. The Morgan fingerprint density at radius 3 is 2.33 bits per heavy atom. The van der Waals surface area contributed by atoms with Crippen LogP contribution in [0.1, 0.15) is 39.2 Å². The van der Waals surface area contributed by atoms with Gasteiger partial charge in [0.15, 0.2) is 5.65 Å². The van der Waals surface area contributed by atoms with Crippen molar-refractivity contribution >= 4 is 17.6 Å². The predicted octanol–water partition coefficient (Wildman–Crippen LogP) is 5.84. The van der Waals surface area contributed by atoms with Crippen LogP contribution >= 0.6 is 0 Å². The van der Waals surface area contributed by atoms with Crippen molar-refractivity contribution in [2.75, 3.05) is 18.8 Å². The number of benzene rings is 1. The molecule has 0 unspecified atom stereocenters. The number of hydrogen-bond donors (Lipinski definition) is 1. The molecule has 12 heteroatoms. The quantitative estimate of drug-likeness (QED) is 0.338. The van der Waals surface area contributed by atoms with Crippen LogP contribution in [0.3, 0.4) is 0 Å². The Labute approximate surface area is 228 Å². The zero-order chi connectivity index (χ0) is 28.7. The lowest BCUT2D eigenvalue weighted by Crippen LogP contribution is -2.44. The number of hydrogen-bond acceptors (Lipinski definition) is 7. The van der Waals surface area contributed by atoms with E-state index < -0.39 is 23.2 Å². The lowest BCUT2D eigenvalue weighted by molar-refractivity contribution is -0.137. The van der Waals surface area contributed by atoms with Gasteiger partial charge in [-0.15, -0.1) is 0 Å². The number of amides is 1. The summed E-state index contributed by atoms with van der Waals surface area (Å²) in [7, 11) is 0. The fourth-order valence-electron chi connectivity index (χ4n) is 4.45. The van der Waals surface area contributed by atoms with E-state index in [1.54, 1.807) is 17.0 Å². The minimum absolute atomic E-state index is 0.0253. The van der Waals surface area contributed by atoms with Gasteiger partial charge in [0.2, 0.25) is 0 Å². The van der Waals surface area contributed by atoms with Crippen LogP contribution in [-0.2, 0) is 10.9 Å². The molecule has 2 N–H and O–H groups in total. The van der Waals surface area contributed by atoms with Gasteiger partial charge in [0.25, 0.3) is 0 Å². The van der Waals surface area contributed by atoms with E-state index >= 15 is 0 Å². The third-order valence-corrected chi connectivity index (χ3v) is 6.43. The summed E-state index contributed by atoms with van der Waals surface area (Å²) in [4.78, 5) is 22.0. The highest BCUT2D eigenvalue weighted by Crippen LogP contribution is 2.35. The molecule has 1 aliphatic rings. The number of imidazole rings is 1. The molecule has 3 aromatic heterocycles. The third kappa shape index (κ3) is 5.95. The highest BCUT2D eigenvalue weighted by Gasteiger charge is 2.34. The van der Waals surface area contributed by atoms with Crippen molar-refractivity contribution in [3.63, 3.8) is 0 Å². The highest BCUT2D eigenvalue weighted by molar-refractivity contribution is 5.68. The van der Waals surface area contributed by atoms with Gasteiger partial charge in [-0.1, -0.05) is 0 Å². The van der Waals surface area contributed by atoms with E-state index in [9.17, 15) is 18.0 Å². The molecule has 0 radical (unpaired) electrons. The van der Waals surface area contributed by atoms with Crippen LogP contribution < -0.4 is 10.5 Å². The molecule has 4 heterocycles. The standard InChI is InChI=1S/C28H29F3N6O3/c1-27(2,3)40-26(38)36-12-10-20(11-13-36)39-19-6-4-17(5-7-19)22-8-9-24-33-16-23(37(24)35-22)18-14-21(28(29,30)31)25(32)34-15-18/h4-9,14-16,20H,10-13H2,1-3H3,(H2,32,34). The van der Waals surface area contributed by atoms with Crippen LogP contribution in [0.5, 0.6) is 5.75 Å². The van der Waals surface area contributed by atoms with Crippen molar-refractivity contribution in [1.29, 1.82) is 0 Å². The van der Waals surface area contributed by atoms with E-state index in [2.05, 4.69) is 15.1 Å². The number of ether oxygens (including phenoxy) is 2. The van der Waals surface area contributed by atoms with Crippen LogP contribution in [0.15, 0.2) is 54.9 Å². The summed E-state index contributed by atoms with van der Waals surface area (Å²) in [5.41, 5.74) is 6.32. The number of nitrogen functional groups attached to an aromatic ring is 1. The summed E-state index contributed by atoms with van der Waals surface area (Å²) in [6.45, 7) is 6.65. The molecule has 0 aliphatic carbocycles. The molecular weight excluding hydrogens is 525 g/mol. The second kappa shape index (κ2) is 10.3. The summed E-state index contributed by atoms with van der Waals surface area (Å²) in [6, 6.07) is 11.9. The van der Waals surface area contributed by atoms with Gasteiger partial charge in [0, 0.05) is 43.3 Å². The van der Waals surface area contributed by atoms with Gasteiger partial charge < -0.3 is 20.1 Å². The summed E-state index contributed by atoms with van der Waals surface area (Å²) in [5, 5.41) is 4.62. The van der Waals surface area contributed by atoms with Gasteiger partial charge in [-0.3, -0.25) is 0 Å². The molecule has 1 aromatic carbocycles. The number of carbonyl (C=O) groups is 1. The molecule has 4 aromatic rings. The topological polar surface area (TPSA) is 108 Å². The Hall–Kier alpha value is -4.35. The maximum absolute atomic E-state index is 13.4. The van der Waals surface area contributed by atoms with Gasteiger partial charge in [-0.05, 0) is 63.2 Å². The lowest BCUT2D eigenvalue weighted by atomic mass is 10.1. The maximum atomic E-state index is 13.4. The van der Waals surface area contributed by atoms with Crippen molar-refractivity contribution < 1.29 is 27.4 Å². The van der Waals surface area contributed by atoms with E-state index in [0.717, 1.165) is 11.6 Å². The van der Waals surface area contributed by atoms with Crippen molar-refractivity contribution in [1.82, 2.24) is 24.5 Å². The maximum Gasteiger partial charge on any atom is 0.419 e. The molecule has 5 rings (SSSR count). The van der Waals surface area contributed by atoms with Crippen molar-refractivity contribution in [2.45, 2.75) is 51.5 Å². The molecule has 0 bridgehead atoms. The van der Waals surface area contributed by atoms with Crippen LogP contribution in [0.2, 0.25) is 0 Å². The van der Waals surface area contributed by atoms with Crippen LogP contribution in [0.4, 0.5) is 23.8 Å². The van der Waals surface area contributed by atoms with Gasteiger partial charge in [0.05, 0.1) is 23.1 Å². The SMILES string of the molecule is CC(C)(C)OC(=O)N1CCC(Oc2ccc(-c3ccc4ncc(-c5cnc(N)c(C(F)(F)F)c5)n4n3)cc2)CC1. The molecule has 1 saturated heterocycles. The molecule has 0 spiro atoms. The van der Waals surface area contributed by atoms with Crippen LogP contribution in [0, 0.1) is 0 Å². The van der Waals surface area contributed by atoms with Crippen LogP contribution in [0.25, 0.3) is 28.2 Å². The zero-order valence-corrected chi connectivity index (χ0v) is 22.3. The number of nitrogens with two attached hydrogens (primary N) is 1. The van der Waals surface area contributed by atoms with Crippen LogP contribution in [-0.4, -0.2) is 55.4 Å². The summed E-state index contributed by atoms with van der Waals surface area (Å²) < 4.78 is 53.2. The summed E-state index contributed by atoms with van der Waals surface area (Å²) in [5.74, 6) is 0.103. The third-order valence-electron chi connectivity index (χ3n) is 6.43. The van der Waals surface area contributed by atoms with Gasteiger partial charge >= 0.3 is 12.3 Å². The Morgan fingerprint density at radius 2 is 1.68 bits per heavy atom. The Morgan fingerprint density at radius 1 is 0.975 bits per heavy atom. The zero-order valence-electron chi connectivity index (χ0n) is 22.3. The first-order chi connectivity index (χ1) is 18.9. The molecule has 210 valence electrons. The lowest BCUT2D eigenvalue weighted by Gasteiger charge is -2.33. The number of aromatic nitrogens is 4. The Kier molecular flexibility index (Phi) is 7.03. The molecule has 9 nitrogen and oxygen atoms in total. The largest absolute Gasteiger partial charge is 0.490 e. The number of alkyl halides is 3. The number of nitrogens with zero attached hydrogens (tertiary/aromatic N) is 5. The summed E-state index contributed by atoms with van der Waals surface area (Å²) in [6.07, 6.45) is -0.865. The Balaban J connectivity index is 1.29. The fourth-order valence-corrected chi connectivity index (χ4v) is 4.45. The van der Waals surface area contributed by atoms with Crippen molar-refractivity contribution in [3.8, 4) is 28.3 Å². The summed E-state index contributed by atoms with van der Waals surface area (Å²) >= 11 is 0. The number of anilines is 1.